The molecule has 0 atom stereocenters. The number of hydrogen-bond donors (Lipinski definition) is 4. The molecule has 4 N–H and O–H groups in total. The first-order chi connectivity index (χ1) is 20.7. The van der Waals surface area contributed by atoms with Gasteiger partial charge in [-0.2, -0.15) is 0 Å². The number of nitrogens with one attached hydrogen (secondary N) is 2. The van der Waals surface area contributed by atoms with E-state index in [9.17, 15) is 24.6 Å². The summed E-state index contributed by atoms with van der Waals surface area (Å²) < 4.78 is 15.9. The lowest BCUT2D eigenvalue weighted by Gasteiger charge is -2.08. The maximum absolute atomic E-state index is 13.2. The molecule has 0 bridgehead atoms. The number of aromatic nitrogens is 2. The first-order valence-corrected chi connectivity index (χ1v) is 13.6. The van der Waals surface area contributed by atoms with Crippen molar-refractivity contribution in [2.75, 3.05) is 19.8 Å². The predicted molar refractivity (Wildman–Crippen MR) is 159 cm³/mol. The number of esters is 3. The van der Waals surface area contributed by atoms with Gasteiger partial charge in [0.1, 0.15) is 16.7 Å². The maximum Gasteiger partial charge on any atom is 0.342 e. The van der Waals surface area contributed by atoms with Gasteiger partial charge in [0.15, 0.2) is 6.29 Å². The number of aliphatic hydroxyl groups is 2. The van der Waals surface area contributed by atoms with Crippen molar-refractivity contribution in [2.45, 2.75) is 34.0 Å². The first-order valence-electron chi connectivity index (χ1n) is 13.6. The maximum atomic E-state index is 13.2. The molecule has 0 saturated heterocycles. The normalized spacial score (nSPS) is 17.6. The molecule has 0 saturated carbocycles. The summed E-state index contributed by atoms with van der Waals surface area (Å²) in [7, 11) is 0. The Morgan fingerprint density at radius 1 is 0.744 bits per heavy atom. The highest BCUT2D eigenvalue weighted by Crippen LogP contribution is 2.25. The van der Waals surface area contributed by atoms with E-state index in [2.05, 4.69) is 20.0 Å². The van der Waals surface area contributed by atoms with Gasteiger partial charge in [-0.3, -0.25) is 4.99 Å². The van der Waals surface area contributed by atoms with Crippen LogP contribution in [0.2, 0.25) is 0 Å². The van der Waals surface area contributed by atoms with Gasteiger partial charge in [-0.1, -0.05) is 0 Å². The highest BCUT2D eigenvalue weighted by atomic mass is 16.5. The molecule has 0 radical (unpaired) electrons. The van der Waals surface area contributed by atoms with Gasteiger partial charge in [0.25, 0.3) is 0 Å². The van der Waals surface area contributed by atoms with Gasteiger partial charge in [0.2, 0.25) is 0 Å². The Bertz CT molecular complexity index is 1730. The molecule has 4 heterocycles. The molecule has 4 rings (SSSR count). The average Bonchev–Trinajstić information content (AvgIpc) is 3.79. The van der Waals surface area contributed by atoms with Crippen LogP contribution < -0.4 is 10.7 Å². The van der Waals surface area contributed by atoms with Crippen LogP contribution in [0.1, 0.15) is 39.1 Å². The van der Waals surface area contributed by atoms with Crippen molar-refractivity contribution in [1.29, 1.82) is 0 Å². The molecule has 2 aliphatic rings. The van der Waals surface area contributed by atoms with Crippen LogP contribution in [0.25, 0.3) is 16.7 Å². The summed E-state index contributed by atoms with van der Waals surface area (Å²) in [4.78, 5) is 54.0. The van der Waals surface area contributed by atoms with Crippen LogP contribution in [0.3, 0.4) is 0 Å². The fraction of sp³-hybridized carbons (Fsp3) is 0.258. The van der Waals surface area contributed by atoms with E-state index in [1.807, 2.05) is 0 Å². The van der Waals surface area contributed by atoms with Crippen molar-refractivity contribution < 1.29 is 38.8 Å². The highest BCUT2D eigenvalue weighted by molar-refractivity contribution is 6.44. The van der Waals surface area contributed by atoms with Crippen molar-refractivity contribution in [3.05, 3.63) is 87.6 Å². The van der Waals surface area contributed by atoms with Gasteiger partial charge in [-0.05, 0) is 76.3 Å². The summed E-state index contributed by atoms with van der Waals surface area (Å²) in [6.45, 7) is 6.93. The van der Waals surface area contributed by atoms with E-state index in [-0.39, 0.29) is 47.8 Å². The van der Waals surface area contributed by atoms with Crippen molar-refractivity contribution in [1.82, 2.24) is 9.97 Å². The van der Waals surface area contributed by atoms with E-state index in [4.69, 9.17) is 14.2 Å². The third-order valence-corrected chi connectivity index (χ3v) is 6.39. The van der Waals surface area contributed by atoms with Gasteiger partial charge in [0, 0.05) is 11.8 Å². The van der Waals surface area contributed by atoms with E-state index >= 15 is 0 Å². The smallest absolute Gasteiger partial charge is 0.342 e. The van der Waals surface area contributed by atoms with E-state index in [1.165, 1.54) is 6.92 Å². The van der Waals surface area contributed by atoms with Crippen LogP contribution in [-0.4, -0.2) is 76.1 Å². The number of hydrogen-bond acceptors (Lipinski definition) is 10. The Morgan fingerprint density at radius 3 is 1.86 bits per heavy atom. The van der Waals surface area contributed by atoms with Gasteiger partial charge < -0.3 is 34.4 Å². The number of rotatable bonds is 10. The van der Waals surface area contributed by atoms with Crippen molar-refractivity contribution in [3.63, 3.8) is 0 Å². The molecule has 12 heteroatoms. The van der Waals surface area contributed by atoms with Gasteiger partial charge >= 0.3 is 17.9 Å². The minimum atomic E-state index is -1.71. The summed E-state index contributed by atoms with van der Waals surface area (Å²) in [6.07, 6.45) is 6.34. The zero-order chi connectivity index (χ0) is 31.1. The summed E-state index contributed by atoms with van der Waals surface area (Å²) in [5.41, 5.74) is 2.25. The SMILES string of the molecule is CCOC(=O)C(C1=N/C(=C(\C)C(O)O)C=C1)=c1cc/c(=C(\C(=O)OCC)c2ccc(/C(C(=O)OCC)=C3/C=CC=N3)[nH]2)[nH]1. The second-order valence-electron chi connectivity index (χ2n) is 9.15. The van der Waals surface area contributed by atoms with Crippen LogP contribution in [-0.2, 0) is 28.6 Å². The minimum absolute atomic E-state index is 0.0789. The Hall–Kier alpha value is -5.07. The van der Waals surface area contributed by atoms with Crippen LogP contribution in [0.5, 0.6) is 0 Å². The summed E-state index contributed by atoms with van der Waals surface area (Å²) >= 11 is 0. The third kappa shape index (κ3) is 6.71. The quantitative estimate of drug-likeness (QED) is 0.139. The summed E-state index contributed by atoms with van der Waals surface area (Å²) in [5, 5.41) is 19.7. The van der Waals surface area contributed by atoms with Gasteiger partial charge in [0.05, 0.1) is 59.0 Å². The van der Waals surface area contributed by atoms with Crippen molar-refractivity contribution in [3.8, 4) is 0 Å². The van der Waals surface area contributed by atoms with Crippen LogP contribution in [0.15, 0.2) is 75.5 Å². The summed E-state index contributed by atoms with van der Waals surface area (Å²) in [5.74, 6) is -1.90. The van der Waals surface area contributed by atoms with Crippen molar-refractivity contribution >= 4 is 46.6 Å². The Kier molecular flexibility index (Phi) is 9.86. The molecule has 0 fully saturated rings. The molecule has 0 aromatic carbocycles. The number of nitrogens with zero attached hydrogens (tertiary/aromatic N) is 2. The topological polar surface area (TPSA) is 176 Å². The fourth-order valence-electron chi connectivity index (χ4n) is 4.36. The van der Waals surface area contributed by atoms with E-state index in [0.29, 0.717) is 33.5 Å². The summed E-state index contributed by atoms with van der Waals surface area (Å²) in [6, 6.07) is 6.47. The fourth-order valence-corrected chi connectivity index (χ4v) is 4.36. The molecule has 0 amide bonds. The Labute approximate surface area is 246 Å². The van der Waals surface area contributed by atoms with Crippen LogP contribution in [0, 0.1) is 0 Å². The number of aliphatic imine (C=N–C) groups is 2. The molecule has 2 aromatic heterocycles. The van der Waals surface area contributed by atoms with E-state index < -0.39 is 24.2 Å². The zero-order valence-electron chi connectivity index (χ0n) is 24.1. The molecular weight excluding hydrogens is 556 g/mol. The van der Waals surface area contributed by atoms with Gasteiger partial charge in [-0.25, -0.2) is 19.4 Å². The number of aromatic amines is 2. The lowest BCUT2D eigenvalue weighted by molar-refractivity contribution is -0.137. The molecule has 0 unspecified atom stereocenters. The van der Waals surface area contributed by atoms with Crippen LogP contribution >= 0.6 is 0 Å². The number of aliphatic hydroxyl groups excluding tert-OH is 1. The Morgan fingerprint density at radius 2 is 1.30 bits per heavy atom. The first kappa shape index (κ1) is 30.9. The van der Waals surface area contributed by atoms with Crippen LogP contribution in [0.4, 0.5) is 0 Å². The zero-order valence-corrected chi connectivity index (χ0v) is 24.1. The number of allylic oxidation sites excluding steroid dienone is 4. The largest absolute Gasteiger partial charge is 0.462 e. The Balaban J connectivity index is 1.92. The number of carbonyl (C=O) groups is 3. The second-order valence-corrected chi connectivity index (χ2v) is 9.15. The second kappa shape index (κ2) is 13.7. The molecule has 2 aromatic rings. The number of carbonyl (C=O) groups excluding carboxylic acids is 3. The number of ether oxygens (including phenoxy) is 3. The van der Waals surface area contributed by atoms with E-state index in [0.717, 1.165) is 0 Å². The monoisotopic (exact) mass is 588 g/mol. The van der Waals surface area contributed by atoms with E-state index in [1.54, 1.807) is 75.6 Å². The third-order valence-electron chi connectivity index (χ3n) is 6.39. The van der Waals surface area contributed by atoms with Crippen molar-refractivity contribution in [2.24, 2.45) is 9.98 Å². The molecule has 43 heavy (non-hydrogen) atoms. The minimum Gasteiger partial charge on any atom is -0.462 e. The highest BCUT2D eigenvalue weighted by Gasteiger charge is 2.25. The molecule has 2 aliphatic heterocycles. The predicted octanol–water partition coefficient (Wildman–Crippen LogP) is 1.33. The lowest BCUT2D eigenvalue weighted by atomic mass is 10.1. The molecular formula is C31H32N4O8. The molecule has 12 nitrogen and oxygen atoms in total. The standard InChI is InChI=1S/C31H32N4O8/c1-5-41-29(38)25(19-9-8-16-32-19)20-12-13-23(34-20)27(31(40)43-7-3)24-15-14-22(35-24)26(30(39)42-6-2)21-11-10-18(33-21)17(4)28(36)37/h8-16,28,34-37H,5-7H2,1-4H3/b18-17+,25-19+,26-22?,27-24+. The molecule has 0 spiro atoms. The molecule has 0 aliphatic carbocycles. The lowest BCUT2D eigenvalue weighted by Crippen LogP contribution is -2.26. The average molecular weight is 589 g/mol. The molecule has 224 valence electrons. The van der Waals surface area contributed by atoms with Gasteiger partial charge in [-0.15, -0.1) is 0 Å². The number of H-pyrrole nitrogens is 2.